The van der Waals surface area contributed by atoms with Crippen molar-refractivity contribution in [2.45, 2.75) is 116 Å². The standard InChI is InChI=1S/C35H54N8O11/c1-17(2)14-23(41-33(51)24(16-26(36)44)42-34(52)28(37)18(3)4)32(50)39-19(5)29(47)38-20(6)30(48)40-22(12-13-27(45)46)31(49)43-25(35(53)54)15-21-10-8-7-9-11-21/h7-11,17-20,22-25,28H,12-16,37H2,1-6H3,(H2,36,44)(H,38,47)(H,39,50)(H,40,48)(H,41,51)(H,42,52)(H,43,49)(H,45,46)(H,53,54)/t19-,20-,22-,23-,24-,25-,28-/m0/s1. The minimum absolute atomic E-state index is 0.0847. The van der Waals surface area contributed by atoms with Crippen LogP contribution >= 0.6 is 0 Å². The minimum atomic E-state index is -1.48. The minimum Gasteiger partial charge on any atom is -0.481 e. The summed E-state index contributed by atoms with van der Waals surface area (Å²) in [5.41, 5.74) is 11.7. The Labute approximate surface area is 313 Å². The average molecular weight is 763 g/mol. The highest BCUT2D eigenvalue weighted by molar-refractivity contribution is 5.97. The molecule has 0 aliphatic heterocycles. The zero-order valence-electron chi connectivity index (χ0n) is 31.3. The fourth-order valence-corrected chi connectivity index (χ4v) is 4.90. The molecule has 300 valence electrons. The lowest BCUT2D eigenvalue weighted by atomic mass is 10.0. The summed E-state index contributed by atoms with van der Waals surface area (Å²) in [5.74, 6) is -9.07. The molecule has 12 N–H and O–H groups in total. The van der Waals surface area contributed by atoms with Crippen molar-refractivity contribution in [3.05, 3.63) is 35.9 Å². The zero-order chi connectivity index (χ0) is 41.3. The SMILES string of the molecule is CC(C)C[C@H](NC(=O)[C@H](CC(N)=O)NC(=O)[C@@H](N)C(C)C)C(=O)N[C@@H](C)C(=O)N[C@@H](C)C(=O)N[C@@H](CCC(=O)O)C(=O)N[C@@H](Cc1ccccc1)C(=O)O. The lowest BCUT2D eigenvalue weighted by Gasteiger charge is -2.26. The average Bonchev–Trinajstić information content (AvgIpc) is 3.08. The number of carbonyl (C=O) groups is 9. The first kappa shape index (κ1) is 46.4. The van der Waals surface area contributed by atoms with Crippen LogP contribution in [-0.2, 0) is 49.6 Å². The maximum absolute atomic E-state index is 13.3. The third kappa shape index (κ3) is 16.8. The molecule has 0 fully saturated rings. The molecule has 19 heteroatoms. The number of rotatable bonds is 23. The molecule has 7 amide bonds. The number of hydrogen-bond donors (Lipinski definition) is 10. The number of carboxylic acids is 2. The topological polar surface area (TPSA) is 318 Å². The van der Waals surface area contributed by atoms with Crippen LogP contribution < -0.4 is 43.4 Å². The van der Waals surface area contributed by atoms with Crippen LogP contribution in [0, 0.1) is 11.8 Å². The van der Waals surface area contributed by atoms with Gasteiger partial charge in [-0.3, -0.25) is 38.4 Å². The van der Waals surface area contributed by atoms with Gasteiger partial charge in [-0.1, -0.05) is 58.0 Å². The van der Waals surface area contributed by atoms with Gasteiger partial charge in [0.05, 0.1) is 12.5 Å². The summed E-state index contributed by atoms with van der Waals surface area (Å²) in [6.07, 6.45) is -1.52. The fraction of sp³-hybridized carbons (Fsp3) is 0.571. The Morgan fingerprint density at radius 2 is 1.07 bits per heavy atom. The predicted octanol–water partition coefficient (Wildman–Crippen LogP) is -1.97. The van der Waals surface area contributed by atoms with E-state index in [1.165, 1.54) is 13.8 Å². The van der Waals surface area contributed by atoms with E-state index in [0.29, 0.717) is 5.56 Å². The molecule has 0 heterocycles. The first-order chi connectivity index (χ1) is 25.1. The second-order valence-corrected chi connectivity index (χ2v) is 13.7. The van der Waals surface area contributed by atoms with Crippen molar-refractivity contribution < 1.29 is 53.4 Å². The van der Waals surface area contributed by atoms with Crippen LogP contribution in [0.25, 0.3) is 0 Å². The van der Waals surface area contributed by atoms with Crippen LogP contribution in [0.5, 0.6) is 0 Å². The lowest BCUT2D eigenvalue weighted by Crippen LogP contribution is -2.59. The van der Waals surface area contributed by atoms with E-state index in [-0.39, 0.29) is 24.7 Å². The number of carboxylic acid groups (broad SMARTS) is 2. The highest BCUT2D eigenvalue weighted by Crippen LogP contribution is 2.09. The number of primary amides is 1. The number of amides is 7. The number of aliphatic carboxylic acids is 2. The molecule has 1 aromatic rings. The number of nitrogens with one attached hydrogen (secondary N) is 6. The Bertz CT molecular complexity index is 1500. The molecule has 0 radical (unpaired) electrons. The molecule has 0 aliphatic carbocycles. The van der Waals surface area contributed by atoms with Crippen molar-refractivity contribution in [1.29, 1.82) is 0 Å². The van der Waals surface area contributed by atoms with Crippen LogP contribution in [0.2, 0.25) is 0 Å². The molecule has 54 heavy (non-hydrogen) atoms. The molecule has 0 aromatic heterocycles. The van der Waals surface area contributed by atoms with E-state index in [4.69, 9.17) is 11.5 Å². The van der Waals surface area contributed by atoms with E-state index in [2.05, 4.69) is 31.9 Å². The monoisotopic (exact) mass is 762 g/mol. The number of carbonyl (C=O) groups excluding carboxylic acids is 7. The molecular formula is C35H54N8O11. The summed E-state index contributed by atoms with van der Waals surface area (Å²) in [4.78, 5) is 113. The predicted molar refractivity (Wildman–Crippen MR) is 194 cm³/mol. The van der Waals surface area contributed by atoms with Crippen molar-refractivity contribution in [3.8, 4) is 0 Å². The molecule has 7 atom stereocenters. The van der Waals surface area contributed by atoms with Gasteiger partial charge in [-0.25, -0.2) is 4.79 Å². The van der Waals surface area contributed by atoms with Crippen LogP contribution in [0.1, 0.15) is 72.8 Å². The normalized spacial score (nSPS) is 14.9. The maximum atomic E-state index is 13.3. The van der Waals surface area contributed by atoms with E-state index in [9.17, 15) is 53.4 Å². The summed E-state index contributed by atoms with van der Waals surface area (Å²) < 4.78 is 0. The van der Waals surface area contributed by atoms with Crippen molar-refractivity contribution in [2.24, 2.45) is 23.3 Å². The van der Waals surface area contributed by atoms with Gasteiger partial charge in [0.1, 0.15) is 36.3 Å². The molecule has 19 nitrogen and oxygen atoms in total. The van der Waals surface area contributed by atoms with Gasteiger partial charge in [-0.2, -0.15) is 0 Å². The largest absolute Gasteiger partial charge is 0.481 e. The molecule has 0 bridgehead atoms. The Balaban J connectivity index is 2.99. The van der Waals surface area contributed by atoms with Crippen molar-refractivity contribution >= 4 is 53.3 Å². The fourth-order valence-electron chi connectivity index (χ4n) is 4.90. The third-order valence-corrected chi connectivity index (χ3v) is 8.08. The van der Waals surface area contributed by atoms with Gasteiger partial charge in [-0.15, -0.1) is 0 Å². The van der Waals surface area contributed by atoms with Crippen LogP contribution in [-0.4, -0.2) is 106 Å². The lowest BCUT2D eigenvalue weighted by molar-refractivity contribution is -0.143. The van der Waals surface area contributed by atoms with Crippen LogP contribution in [0.15, 0.2) is 30.3 Å². The summed E-state index contributed by atoms with van der Waals surface area (Å²) in [6.45, 7) is 9.48. The third-order valence-electron chi connectivity index (χ3n) is 8.08. The van der Waals surface area contributed by atoms with E-state index in [0.717, 1.165) is 0 Å². The smallest absolute Gasteiger partial charge is 0.326 e. The molecule has 1 aromatic carbocycles. The second-order valence-electron chi connectivity index (χ2n) is 13.7. The van der Waals surface area contributed by atoms with Crippen LogP contribution in [0.4, 0.5) is 0 Å². The number of nitrogens with two attached hydrogens (primary N) is 2. The van der Waals surface area contributed by atoms with E-state index < -0.39 is 115 Å². The second kappa shape index (κ2) is 22.5. The quantitative estimate of drug-likeness (QED) is 0.0581. The van der Waals surface area contributed by atoms with Gasteiger partial charge in [0.25, 0.3) is 0 Å². The van der Waals surface area contributed by atoms with E-state index >= 15 is 0 Å². The Kier molecular flexibility index (Phi) is 19.3. The maximum Gasteiger partial charge on any atom is 0.326 e. The number of hydrogen-bond acceptors (Lipinski definition) is 10. The van der Waals surface area contributed by atoms with Crippen LogP contribution in [0.3, 0.4) is 0 Å². The summed E-state index contributed by atoms with van der Waals surface area (Å²) in [5, 5.41) is 33.2. The zero-order valence-corrected chi connectivity index (χ0v) is 31.3. The molecule has 0 saturated carbocycles. The van der Waals surface area contributed by atoms with Crippen molar-refractivity contribution in [1.82, 2.24) is 31.9 Å². The molecule has 0 unspecified atom stereocenters. The number of benzene rings is 1. The highest BCUT2D eigenvalue weighted by Gasteiger charge is 2.33. The molecule has 0 spiro atoms. The van der Waals surface area contributed by atoms with Crippen molar-refractivity contribution in [2.75, 3.05) is 0 Å². The van der Waals surface area contributed by atoms with E-state index in [1.807, 2.05) is 0 Å². The van der Waals surface area contributed by atoms with Gasteiger partial charge in [0.2, 0.25) is 41.4 Å². The first-order valence-electron chi connectivity index (χ1n) is 17.5. The summed E-state index contributed by atoms with van der Waals surface area (Å²) in [7, 11) is 0. The summed E-state index contributed by atoms with van der Waals surface area (Å²) in [6, 6.07) is -0.706. The Morgan fingerprint density at radius 1 is 0.611 bits per heavy atom. The van der Waals surface area contributed by atoms with Gasteiger partial charge >= 0.3 is 11.9 Å². The molecule has 0 aliphatic rings. The highest BCUT2D eigenvalue weighted by atomic mass is 16.4. The first-order valence-corrected chi connectivity index (χ1v) is 17.5. The summed E-state index contributed by atoms with van der Waals surface area (Å²) >= 11 is 0. The van der Waals surface area contributed by atoms with Gasteiger partial charge < -0.3 is 53.6 Å². The molecule has 0 saturated heterocycles. The van der Waals surface area contributed by atoms with E-state index in [1.54, 1.807) is 58.0 Å². The molecular weight excluding hydrogens is 708 g/mol. The Morgan fingerprint density at radius 3 is 1.57 bits per heavy atom. The molecule has 1 rings (SSSR count). The Hall–Kier alpha value is -5.59. The van der Waals surface area contributed by atoms with Gasteiger partial charge in [-0.05, 0) is 44.1 Å². The van der Waals surface area contributed by atoms with Gasteiger partial charge in [0, 0.05) is 12.8 Å². The van der Waals surface area contributed by atoms with Gasteiger partial charge in [0.15, 0.2) is 0 Å². The van der Waals surface area contributed by atoms with Crippen molar-refractivity contribution in [3.63, 3.8) is 0 Å².